The second-order valence-corrected chi connectivity index (χ2v) is 6.04. The molecular formula is C16H35N5O. The Bertz CT molecular complexity index is 303. The molecule has 1 heterocycles. The van der Waals surface area contributed by atoms with Crippen molar-refractivity contribution in [2.24, 2.45) is 16.6 Å². The van der Waals surface area contributed by atoms with Gasteiger partial charge in [-0.15, -0.1) is 0 Å². The van der Waals surface area contributed by atoms with Gasteiger partial charge in [0.1, 0.15) is 0 Å². The number of nitrogens with two attached hydrogens (primary N) is 1. The Morgan fingerprint density at radius 1 is 1.23 bits per heavy atom. The number of nitrogens with zero attached hydrogens (tertiary/aromatic N) is 3. The third-order valence-corrected chi connectivity index (χ3v) is 4.03. The maximum atomic E-state index is 5.88. The molecule has 130 valence electrons. The lowest BCUT2D eigenvalue weighted by Gasteiger charge is -2.35. The largest absolute Gasteiger partial charge is 0.382 e. The molecule has 0 spiro atoms. The summed E-state index contributed by atoms with van der Waals surface area (Å²) < 4.78 is 5.28. The SMILES string of the molecule is CCOCCCNC(N)=NCC(C)CN1CCN(CC)CC1. The Morgan fingerprint density at radius 3 is 2.55 bits per heavy atom. The summed E-state index contributed by atoms with van der Waals surface area (Å²) in [6.45, 7) is 16.7. The zero-order chi connectivity index (χ0) is 16.2. The van der Waals surface area contributed by atoms with Crippen LogP contribution < -0.4 is 11.1 Å². The number of guanidine groups is 1. The van der Waals surface area contributed by atoms with Gasteiger partial charge in [-0.2, -0.15) is 0 Å². The van der Waals surface area contributed by atoms with Gasteiger partial charge in [0.05, 0.1) is 0 Å². The predicted molar refractivity (Wildman–Crippen MR) is 93.3 cm³/mol. The molecule has 1 unspecified atom stereocenters. The van der Waals surface area contributed by atoms with E-state index < -0.39 is 0 Å². The first-order valence-electron chi connectivity index (χ1n) is 8.71. The fourth-order valence-electron chi connectivity index (χ4n) is 2.63. The van der Waals surface area contributed by atoms with E-state index in [1.807, 2.05) is 6.92 Å². The van der Waals surface area contributed by atoms with Gasteiger partial charge in [0, 0.05) is 59.0 Å². The average Bonchev–Trinajstić information content (AvgIpc) is 2.53. The van der Waals surface area contributed by atoms with E-state index in [0.29, 0.717) is 11.9 Å². The Kier molecular flexibility index (Phi) is 10.2. The lowest BCUT2D eigenvalue weighted by Crippen LogP contribution is -2.47. The van der Waals surface area contributed by atoms with Crippen LogP contribution in [-0.4, -0.2) is 81.3 Å². The minimum Gasteiger partial charge on any atom is -0.382 e. The van der Waals surface area contributed by atoms with E-state index in [-0.39, 0.29) is 0 Å². The molecule has 0 aromatic rings. The number of piperazine rings is 1. The predicted octanol–water partition coefficient (Wildman–Crippen LogP) is 0.591. The highest BCUT2D eigenvalue weighted by molar-refractivity contribution is 5.77. The molecule has 3 N–H and O–H groups in total. The third kappa shape index (κ3) is 8.56. The first-order valence-corrected chi connectivity index (χ1v) is 8.71. The maximum absolute atomic E-state index is 5.88. The Morgan fingerprint density at radius 2 is 1.91 bits per heavy atom. The number of ether oxygens (including phenoxy) is 1. The van der Waals surface area contributed by atoms with Crippen molar-refractivity contribution in [2.45, 2.75) is 27.2 Å². The summed E-state index contributed by atoms with van der Waals surface area (Å²) in [5.41, 5.74) is 5.88. The van der Waals surface area contributed by atoms with Crippen LogP contribution in [0.3, 0.4) is 0 Å². The van der Waals surface area contributed by atoms with Gasteiger partial charge < -0.3 is 25.6 Å². The molecule has 6 nitrogen and oxygen atoms in total. The Hall–Kier alpha value is -0.850. The molecule has 0 saturated carbocycles. The van der Waals surface area contributed by atoms with E-state index in [9.17, 15) is 0 Å². The van der Waals surface area contributed by atoms with Crippen molar-refractivity contribution in [3.05, 3.63) is 0 Å². The summed E-state index contributed by atoms with van der Waals surface area (Å²) in [6.07, 6.45) is 0.960. The summed E-state index contributed by atoms with van der Waals surface area (Å²) in [5, 5.41) is 3.14. The summed E-state index contributed by atoms with van der Waals surface area (Å²) in [6, 6.07) is 0. The van der Waals surface area contributed by atoms with E-state index >= 15 is 0 Å². The summed E-state index contributed by atoms with van der Waals surface area (Å²) in [7, 11) is 0. The van der Waals surface area contributed by atoms with Crippen LogP contribution in [0.1, 0.15) is 27.2 Å². The third-order valence-electron chi connectivity index (χ3n) is 4.03. The van der Waals surface area contributed by atoms with Crippen molar-refractivity contribution >= 4 is 5.96 Å². The molecule has 1 rings (SSSR count). The van der Waals surface area contributed by atoms with Gasteiger partial charge in [-0.25, -0.2) is 0 Å². The van der Waals surface area contributed by atoms with Crippen LogP contribution in [0.5, 0.6) is 0 Å². The van der Waals surface area contributed by atoms with Gasteiger partial charge in [-0.3, -0.25) is 4.99 Å². The first kappa shape index (κ1) is 19.2. The Balaban J connectivity index is 2.11. The van der Waals surface area contributed by atoms with Crippen LogP contribution in [0.4, 0.5) is 0 Å². The molecule has 22 heavy (non-hydrogen) atoms. The molecular weight excluding hydrogens is 278 g/mol. The molecule has 0 radical (unpaired) electrons. The van der Waals surface area contributed by atoms with Crippen LogP contribution in [0.15, 0.2) is 4.99 Å². The number of likely N-dealkylation sites (N-methyl/N-ethyl adjacent to an activating group) is 1. The van der Waals surface area contributed by atoms with Crippen LogP contribution in [0.25, 0.3) is 0 Å². The van der Waals surface area contributed by atoms with Crippen molar-refractivity contribution in [1.29, 1.82) is 0 Å². The smallest absolute Gasteiger partial charge is 0.188 e. The number of nitrogens with one attached hydrogen (secondary N) is 1. The van der Waals surface area contributed by atoms with E-state index in [1.165, 1.54) is 32.7 Å². The molecule has 1 fully saturated rings. The summed E-state index contributed by atoms with van der Waals surface area (Å²) in [5.74, 6) is 1.09. The minimum absolute atomic E-state index is 0.539. The van der Waals surface area contributed by atoms with E-state index in [2.05, 4.69) is 34.0 Å². The highest BCUT2D eigenvalue weighted by atomic mass is 16.5. The molecule has 6 heteroatoms. The van der Waals surface area contributed by atoms with E-state index in [0.717, 1.165) is 39.3 Å². The highest BCUT2D eigenvalue weighted by Gasteiger charge is 2.17. The van der Waals surface area contributed by atoms with Crippen LogP contribution in [0.2, 0.25) is 0 Å². The lowest BCUT2D eigenvalue weighted by molar-refractivity contribution is 0.125. The molecule has 0 amide bonds. The number of rotatable bonds is 10. The van der Waals surface area contributed by atoms with E-state index in [4.69, 9.17) is 10.5 Å². The summed E-state index contributed by atoms with van der Waals surface area (Å²) in [4.78, 5) is 9.49. The van der Waals surface area contributed by atoms with Crippen LogP contribution in [-0.2, 0) is 4.74 Å². The van der Waals surface area contributed by atoms with Crippen molar-refractivity contribution in [3.63, 3.8) is 0 Å². The van der Waals surface area contributed by atoms with Crippen molar-refractivity contribution < 1.29 is 4.74 Å². The second-order valence-electron chi connectivity index (χ2n) is 6.04. The van der Waals surface area contributed by atoms with Gasteiger partial charge in [0.2, 0.25) is 0 Å². The number of aliphatic imine (C=N–C) groups is 1. The van der Waals surface area contributed by atoms with Gasteiger partial charge in [-0.1, -0.05) is 13.8 Å². The molecule has 0 aliphatic carbocycles. The molecule has 0 bridgehead atoms. The fraction of sp³-hybridized carbons (Fsp3) is 0.938. The van der Waals surface area contributed by atoms with Gasteiger partial charge >= 0.3 is 0 Å². The number of hydrogen-bond donors (Lipinski definition) is 2. The minimum atomic E-state index is 0.539. The zero-order valence-corrected chi connectivity index (χ0v) is 14.7. The fourth-order valence-corrected chi connectivity index (χ4v) is 2.63. The maximum Gasteiger partial charge on any atom is 0.188 e. The average molecular weight is 313 g/mol. The molecule has 0 aromatic heterocycles. The number of hydrogen-bond acceptors (Lipinski definition) is 4. The Labute approximate surface area is 136 Å². The highest BCUT2D eigenvalue weighted by Crippen LogP contribution is 2.05. The van der Waals surface area contributed by atoms with Crippen LogP contribution >= 0.6 is 0 Å². The molecule has 1 saturated heterocycles. The second kappa shape index (κ2) is 11.7. The van der Waals surface area contributed by atoms with Crippen molar-refractivity contribution in [2.75, 3.05) is 65.6 Å². The van der Waals surface area contributed by atoms with Crippen molar-refractivity contribution in [3.8, 4) is 0 Å². The van der Waals surface area contributed by atoms with Crippen molar-refractivity contribution in [1.82, 2.24) is 15.1 Å². The zero-order valence-electron chi connectivity index (χ0n) is 14.7. The quantitative estimate of drug-likeness (QED) is 0.351. The van der Waals surface area contributed by atoms with Gasteiger partial charge in [-0.05, 0) is 25.8 Å². The van der Waals surface area contributed by atoms with Gasteiger partial charge in [0.15, 0.2) is 5.96 Å². The molecule has 0 aromatic carbocycles. The molecule has 1 aliphatic rings. The standard InChI is InChI=1S/C16H35N5O/c1-4-20-8-10-21(11-9-20)14-15(3)13-19-16(17)18-7-6-12-22-5-2/h15H,4-14H2,1-3H3,(H3,17,18,19). The molecule has 1 aliphatic heterocycles. The van der Waals surface area contributed by atoms with Gasteiger partial charge in [0.25, 0.3) is 0 Å². The topological polar surface area (TPSA) is 66.1 Å². The lowest BCUT2D eigenvalue weighted by atomic mass is 10.1. The monoisotopic (exact) mass is 313 g/mol. The normalized spacial score (nSPS) is 19.3. The first-order chi connectivity index (χ1) is 10.7. The van der Waals surface area contributed by atoms with E-state index in [1.54, 1.807) is 0 Å². The molecule has 1 atom stereocenters. The van der Waals surface area contributed by atoms with Crippen LogP contribution in [0, 0.1) is 5.92 Å². The summed E-state index contributed by atoms with van der Waals surface area (Å²) >= 11 is 0.